The number of rotatable bonds is 9. The lowest BCUT2D eigenvalue weighted by atomic mass is 10.1. The number of hydrogen-bond donors (Lipinski definition) is 2. The van der Waals surface area contributed by atoms with Crippen LogP contribution < -0.4 is 19.5 Å². The second-order valence-corrected chi connectivity index (χ2v) is 8.25. The van der Waals surface area contributed by atoms with Gasteiger partial charge in [-0.3, -0.25) is 4.79 Å². The number of ether oxygens (including phenoxy) is 2. The molecule has 0 unspecified atom stereocenters. The van der Waals surface area contributed by atoms with E-state index in [1.54, 1.807) is 36.4 Å². The summed E-state index contributed by atoms with van der Waals surface area (Å²) in [7, 11) is -2.35. The Bertz CT molecular complexity index is 930. The van der Waals surface area contributed by atoms with E-state index in [0.717, 1.165) is 11.1 Å². The lowest BCUT2D eigenvalue weighted by Gasteiger charge is -2.13. The van der Waals surface area contributed by atoms with Gasteiger partial charge in [0, 0.05) is 18.1 Å². The zero-order valence-corrected chi connectivity index (χ0v) is 17.5. The molecule has 0 aliphatic carbocycles. The third-order valence-corrected chi connectivity index (χ3v) is 5.73. The van der Waals surface area contributed by atoms with Crippen LogP contribution in [0.25, 0.3) is 0 Å². The average molecular weight is 427 g/mol. The van der Waals surface area contributed by atoms with E-state index in [0.29, 0.717) is 10.8 Å². The van der Waals surface area contributed by atoms with Gasteiger partial charge in [0.05, 0.1) is 7.11 Å². The Hall–Kier alpha value is -2.29. The number of carbonyl (C=O) groups excluding carboxylic acids is 1. The van der Waals surface area contributed by atoms with Crippen molar-refractivity contribution >= 4 is 27.5 Å². The molecular formula is C19H23ClN2O5S. The first-order valence-corrected chi connectivity index (χ1v) is 10.4. The standard InChI is InChI=1S/C19H23ClN2O5S/c1-13-10-17(26-3)18(11-14(13)2)28(24,25)22-9-8-21-19(23)12-27-16-6-4-15(20)5-7-16/h4-7,10-11,22H,8-9,12H2,1-3H3,(H,21,23). The van der Waals surface area contributed by atoms with Crippen LogP contribution in [0.2, 0.25) is 5.02 Å². The molecule has 0 radical (unpaired) electrons. The highest BCUT2D eigenvalue weighted by Crippen LogP contribution is 2.27. The van der Waals surface area contributed by atoms with Gasteiger partial charge < -0.3 is 14.8 Å². The SMILES string of the molecule is COc1cc(C)c(C)cc1S(=O)(=O)NCCNC(=O)COc1ccc(Cl)cc1. The fourth-order valence-electron chi connectivity index (χ4n) is 2.33. The van der Waals surface area contributed by atoms with Crippen LogP contribution in [0.3, 0.4) is 0 Å². The van der Waals surface area contributed by atoms with Crippen LogP contribution in [0.4, 0.5) is 0 Å². The van der Waals surface area contributed by atoms with Crippen molar-refractivity contribution in [1.82, 2.24) is 10.0 Å². The fraction of sp³-hybridized carbons (Fsp3) is 0.316. The first kappa shape index (κ1) is 22.0. The minimum Gasteiger partial charge on any atom is -0.495 e. The number of amides is 1. The van der Waals surface area contributed by atoms with Crippen molar-refractivity contribution in [3.8, 4) is 11.5 Å². The molecule has 0 bridgehead atoms. The molecule has 2 rings (SSSR count). The lowest BCUT2D eigenvalue weighted by Crippen LogP contribution is -2.36. The Balaban J connectivity index is 1.83. The van der Waals surface area contributed by atoms with Crippen molar-refractivity contribution in [3.05, 3.63) is 52.5 Å². The maximum Gasteiger partial charge on any atom is 0.257 e. The maximum atomic E-state index is 12.5. The third-order valence-electron chi connectivity index (χ3n) is 3.99. The van der Waals surface area contributed by atoms with Crippen LogP contribution in [0, 0.1) is 13.8 Å². The van der Waals surface area contributed by atoms with E-state index in [4.69, 9.17) is 21.1 Å². The highest BCUT2D eigenvalue weighted by Gasteiger charge is 2.20. The molecule has 0 spiro atoms. The van der Waals surface area contributed by atoms with E-state index in [-0.39, 0.29) is 36.2 Å². The second kappa shape index (κ2) is 9.77. The fourth-order valence-corrected chi connectivity index (χ4v) is 3.72. The molecule has 2 N–H and O–H groups in total. The summed E-state index contributed by atoms with van der Waals surface area (Å²) in [5.74, 6) is 0.427. The van der Waals surface area contributed by atoms with Crippen molar-refractivity contribution in [3.63, 3.8) is 0 Å². The van der Waals surface area contributed by atoms with Crippen LogP contribution in [0.1, 0.15) is 11.1 Å². The second-order valence-electron chi connectivity index (χ2n) is 6.08. The van der Waals surface area contributed by atoms with Gasteiger partial charge in [0.1, 0.15) is 16.4 Å². The predicted octanol–water partition coefficient (Wildman–Crippen LogP) is 2.44. The highest BCUT2D eigenvalue weighted by molar-refractivity contribution is 7.89. The van der Waals surface area contributed by atoms with Crippen molar-refractivity contribution in [2.75, 3.05) is 26.8 Å². The molecule has 2 aromatic carbocycles. The Kier molecular flexibility index (Phi) is 7.68. The van der Waals surface area contributed by atoms with Crippen LogP contribution in [-0.4, -0.2) is 41.1 Å². The molecule has 0 atom stereocenters. The average Bonchev–Trinajstić information content (AvgIpc) is 2.66. The molecule has 1 amide bonds. The first-order chi connectivity index (χ1) is 13.2. The summed E-state index contributed by atoms with van der Waals surface area (Å²) < 4.78 is 38.0. The van der Waals surface area contributed by atoms with Gasteiger partial charge in [0.25, 0.3) is 5.91 Å². The summed E-state index contributed by atoms with van der Waals surface area (Å²) in [6.45, 7) is 3.68. The van der Waals surface area contributed by atoms with Gasteiger partial charge in [0.2, 0.25) is 10.0 Å². The summed E-state index contributed by atoms with van der Waals surface area (Å²) in [5.41, 5.74) is 1.78. The van der Waals surface area contributed by atoms with Crippen molar-refractivity contribution in [1.29, 1.82) is 0 Å². The first-order valence-electron chi connectivity index (χ1n) is 8.53. The van der Waals surface area contributed by atoms with E-state index < -0.39 is 10.0 Å². The molecule has 152 valence electrons. The number of halogens is 1. The lowest BCUT2D eigenvalue weighted by molar-refractivity contribution is -0.123. The molecule has 9 heteroatoms. The number of sulfonamides is 1. The van der Waals surface area contributed by atoms with Crippen molar-refractivity contribution in [2.24, 2.45) is 0 Å². The molecule has 0 saturated heterocycles. The molecule has 0 aliphatic rings. The third kappa shape index (κ3) is 6.12. The number of aryl methyl sites for hydroxylation is 2. The van der Waals surface area contributed by atoms with Gasteiger partial charge in [0.15, 0.2) is 6.61 Å². The molecule has 0 heterocycles. The summed E-state index contributed by atoms with van der Waals surface area (Å²) in [4.78, 5) is 11.9. The minimum atomic E-state index is -3.77. The maximum absolute atomic E-state index is 12.5. The predicted molar refractivity (Wildman–Crippen MR) is 108 cm³/mol. The number of benzene rings is 2. The Morgan fingerprint density at radius 1 is 1.07 bits per heavy atom. The summed E-state index contributed by atoms with van der Waals surface area (Å²) in [5, 5.41) is 3.16. The number of carbonyl (C=O) groups is 1. The Morgan fingerprint density at radius 2 is 1.71 bits per heavy atom. The quantitative estimate of drug-likeness (QED) is 0.600. The minimum absolute atomic E-state index is 0.0328. The summed E-state index contributed by atoms with van der Waals surface area (Å²) in [6.07, 6.45) is 0. The number of hydrogen-bond acceptors (Lipinski definition) is 5. The van der Waals surface area contributed by atoms with Crippen LogP contribution >= 0.6 is 11.6 Å². The molecular weight excluding hydrogens is 404 g/mol. The molecule has 0 saturated carbocycles. The molecule has 7 nitrogen and oxygen atoms in total. The van der Waals surface area contributed by atoms with Gasteiger partial charge in [-0.15, -0.1) is 0 Å². The number of methoxy groups -OCH3 is 1. The normalized spacial score (nSPS) is 11.1. The van der Waals surface area contributed by atoms with E-state index in [1.807, 2.05) is 13.8 Å². The monoisotopic (exact) mass is 426 g/mol. The zero-order chi connectivity index (χ0) is 20.7. The molecule has 0 aromatic heterocycles. The van der Waals surface area contributed by atoms with E-state index in [1.165, 1.54) is 7.11 Å². The Labute approximate surface area is 170 Å². The Morgan fingerprint density at radius 3 is 2.36 bits per heavy atom. The van der Waals surface area contributed by atoms with Gasteiger partial charge in [-0.2, -0.15) is 0 Å². The van der Waals surface area contributed by atoms with E-state index >= 15 is 0 Å². The van der Waals surface area contributed by atoms with Gasteiger partial charge in [-0.25, -0.2) is 13.1 Å². The summed E-state index contributed by atoms with van der Waals surface area (Å²) in [6, 6.07) is 9.87. The van der Waals surface area contributed by atoms with Gasteiger partial charge >= 0.3 is 0 Å². The smallest absolute Gasteiger partial charge is 0.257 e. The van der Waals surface area contributed by atoms with Crippen LogP contribution in [-0.2, 0) is 14.8 Å². The van der Waals surface area contributed by atoms with Crippen molar-refractivity contribution in [2.45, 2.75) is 18.7 Å². The molecule has 0 fully saturated rings. The zero-order valence-electron chi connectivity index (χ0n) is 15.9. The largest absolute Gasteiger partial charge is 0.495 e. The number of nitrogens with one attached hydrogen (secondary N) is 2. The van der Waals surface area contributed by atoms with Crippen LogP contribution in [0.15, 0.2) is 41.3 Å². The molecule has 0 aliphatic heterocycles. The highest BCUT2D eigenvalue weighted by atomic mass is 35.5. The van der Waals surface area contributed by atoms with Gasteiger partial charge in [-0.05, 0) is 61.4 Å². The summed E-state index contributed by atoms with van der Waals surface area (Å²) >= 11 is 5.78. The van der Waals surface area contributed by atoms with Crippen molar-refractivity contribution < 1.29 is 22.7 Å². The van der Waals surface area contributed by atoms with Gasteiger partial charge in [-0.1, -0.05) is 11.6 Å². The van der Waals surface area contributed by atoms with Crippen LogP contribution in [0.5, 0.6) is 11.5 Å². The van der Waals surface area contributed by atoms with E-state index in [2.05, 4.69) is 10.0 Å². The van der Waals surface area contributed by atoms with E-state index in [9.17, 15) is 13.2 Å². The molecule has 28 heavy (non-hydrogen) atoms. The molecule has 2 aromatic rings. The topological polar surface area (TPSA) is 93.7 Å².